The smallest absolute Gasteiger partial charge is 0.330 e. The van der Waals surface area contributed by atoms with Crippen molar-refractivity contribution in [1.29, 1.82) is 5.26 Å². The van der Waals surface area contributed by atoms with Crippen molar-refractivity contribution in [1.82, 2.24) is 4.40 Å². The molecule has 0 spiro atoms. The number of hydrogen-bond donors (Lipinski definition) is 0. The molecular weight excluding hydrogens is 356 g/mol. The van der Waals surface area contributed by atoms with Crippen LogP contribution in [0.3, 0.4) is 0 Å². The Labute approximate surface area is 163 Å². The van der Waals surface area contributed by atoms with Gasteiger partial charge in [0.15, 0.2) is 0 Å². The normalized spacial score (nSPS) is 11.0. The topological polar surface area (TPSA) is 54.5 Å². The van der Waals surface area contributed by atoms with Gasteiger partial charge >= 0.3 is 5.97 Å². The van der Waals surface area contributed by atoms with E-state index in [-0.39, 0.29) is 0 Å². The number of aryl methyl sites for hydroxylation is 1. The van der Waals surface area contributed by atoms with Gasteiger partial charge < -0.3 is 9.14 Å². The maximum Gasteiger partial charge on any atom is 0.330 e. The van der Waals surface area contributed by atoms with Gasteiger partial charge in [-0.2, -0.15) is 5.26 Å². The van der Waals surface area contributed by atoms with Gasteiger partial charge in [-0.3, -0.25) is 0 Å². The number of fused-ring (bicyclic) bond motifs is 1. The average Bonchev–Trinajstić information content (AvgIpc) is 2.97. The second kappa shape index (κ2) is 8.61. The molecule has 0 unspecified atom stereocenters. The second-order valence-corrected chi connectivity index (χ2v) is 7.01. The summed E-state index contributed by atoms with van der Waals surface area (Å²) in [6.07, 6.45) is 5.08. The number of ether oxygens (including phenoxy) is 1. The number of nitriles is 1. The fourth-order valence-electron chi connectivity index (χ4n) is 2.84. The SMILES string of the molecule is CCOC(=O)/C=C/c1c(SCc2ccccc2)c(C#N)c2cc(C)ccn12. The van der Waals surface area contributed by atoms with Crippen LogP contribution in [0.15, 0.2) is 59.6 Å². The lowest BCUT2D eigenvalue weighted by atomic mass is 10.2. The third-order valence-electron chi connectivity index (χ3n) is 4.09. The van der Waals surface area contributed by atoms with Gasteiger partial charge in [0.05, 0.1) is 28.3 Å². The van der Waals surface area contributed by atoms with Crippen molar-refractivity contribution in [3.63, 3.8) is 0 Å². The molecule has 0 aliphatic rings. The summed E-state index contributed by atoms with van der Waals surface area (Å²) in [6.45, 7) is 4.10. The van der Waals surface area contributed by atoms with Crippen LogP contribution in [0.5, 0.6) is 0 Å². The Bertz CT molecular complexity index is 1030. The Morgan fingerprint density at radius 2 is 2.07 bits per heavy atom. The molecule has 1 aromatic carbocycles. The van der Waals surface area contributed by atoms with Crippen molar-refractivity contribution < 1.29 is 9.53 Å². The Kier molecular flexibility index (Phi) is 6.00. The summed E-state index contributed by atoms with van der Waals surface area (Å²) < 4.78 is 6.94. The molecule has 4 nitrogen and oxygen atoms in total. The van der Waals surface area contributed by atoms with Gasteiger partial charge in [-0.15, -0.1) is 11.8 Å². The second-order valence-electron chi connectivity index (χ2n) is 6.02. The van der Waals surface area contributed by atoms with E-state index in [2.05, 4.69) is 18.2 Å². The van der Waals surface area contributed by atoms with Crippen LogP contribution in [0, 0.1) is 18.3 Å². The lowest BCUT2D eigenvalue weighted by molar-refractivity contribution is -0.137. The number of benzene rings is 1. The summed E-state index contributed by atoms with van der Waals surface area (Å²) >= 11 is 1.60. The Morgan fingerprint density at radius 1 is 1.30 bits per heavy atom. The van der Waals surface area contributed by atoms with E-state index in [1.165, 1.54) is 11.6 Å². The first-order valence-corrected chi connectivity index (χ1v) is 9.69. The predicted molar refractivity (Wildman–Crippen MR) is 109 cm³/mol. The number of esters is 1. The van der Waals surface area contributed by atoms with E-state index in [9.17, 15) is 10.1 Å². The largest absolute Gasteiger partial charge is 0.463 e. The number of pyridine rings is 1. The summed E-state index contributed by atoms with van der Waals surface area (Å²) in [5, 5.41) is 9.79. The van der Waals surface area contributed by atoms with E-state index >= 15 is 0 Å². The first kappa shape index (κ1) is 18.8. The first-order valence-electron chi connectivity index (χ1n) is 8.70. The Balaban J connectivity index is 2.06. The third kappa shape index (κ3) is 4.24. The fourth-order valence-corrected chi connectivity index (χ4v) is 3.95. The minimum absolute atomic E-state index is 0.330. The minimum Gasteiger partial charge on any atom is -0.463 e. The van der Waals surface area contributed by atoms with Crippen molar-refractivity contribution in [2.45, 2.75) is 24.5 Å². The molecule has 3 rings (SSSR count). The minimum atomic E-state index is -0.392. The highest BCUT2D eigenvalue weighted by atomic mass is 32.2. The van der Waals surface area contributed by atoms with Gasteiger partial charge in [0.1, 0.15) is 6.07 Å². The monoisotopic (exact) mass is 376 g/mol. The Hall–Kier alpha value is -2.97. The molecule has 0 saturated carbocycles. The van der Waals surface area contributed by atoms with E-state index in [1.807, 2.05) is 47.9 Å². The number of nitrogens with zero attached hydrogens (tertiary/aromatic N) is 2. The molecule has 0 amide bonds. The first-order chi connectivity index (χ1) is 13.1. The number of aromatic nitrogens is 1. The van der Waals surface area contributed by atoms with Crippen molar-refractivity contribution in [2.75, 3.05) is 6.61 Å². The van der Waals surface area contributed by atoms with Gasteiger partial charge in [-0.1, -0.05) is 30.3 Å². The molecule has 0 radical (unpaired) electrons. The van der Waals surface area contributed by atoms with Crippen LogP contribution in [0.4, 0.5) is 0 Å². The van der Waals surface area contributed by atoms with Gasteiger partial charge in [0.2, 0.25) is 0 Å². The summed E-state index contributed by atoms with van der Waals surface area (Å²) in [4.78, 5) is 12.7. The van der Waals surface area contributed by atoms with Crippen molar-refractivity contribution in [3.05, 3.63) is 77.1 Å². The van der Waals surface area contributed by atoms with Crippen molar-refractivity contribution >= 4 is 29.3 Å². The molecule has 0 aliphatic heterocycles. The van der Waals surface area contributed by atoms with Crippen molar-refractivity contribution in [2.24, 2.45) is 0 Å². The average molecular weight is 376 g/mol. The van der Waals surface area contributed by atoms with Crippen LogP contribution >= 0.6 is 11.8 Å². The molecule has 2 heterocycles. The summed E-state index contributed by atoms with van der Waals surface area (Å²) in [7, 11) is 0. The van der Waals surface area contributed by atoms with E-state index in [1.54, 1.807) is 24.8 Å². The molecule has 0 aliphatic carbocycles. The highest BCUT2D eigenvalue weighted by molar-refractivity contribution is 7.98. The van der Waals surface area contributed by atoms with Crippen LogP contribution in [-0.2, 0) is 15.3 Å². The zero-order valence-electron chi connectivity index (χ0n) is 15.3. The van der Waals surface area contributed by atoms with Crippen LogP contribution in [0.1, 0.15) is 29.3 Å². The zero-order valence-corrected chi connectivity index (χ0v) is 16.1. The fraction of sp³-hybridized carbons (Fsp3) is 0.182. The number of hydrogen-bond acceptors (Lipinski definition) is 4. The van der Waals surface area contributed by atoms with Gasteiger partial charge in [0, 0.05) is 18.0 Å². The van der Waals surface area contributed by atoms with Crippen molar-refractivity contribution in [3.8, 4) is 6.07 Å². The maximum absolute atomic E-state index is 11.8. The van der Waals surface area contributed by atoms with Crippen LogP contribution in [0.2, 0.25) is 0 Å². The molecule has 0 N–H and O–H groups in total. The third-order valence-corrected chi connectivity index (χ3v) is 5.27. The lowest BCUT2D eigenvalue weighted by Gasteiger charge is -2.04. The molecule has 0 saturated heterocycles. The molecule has 5 heteroatoms. The van der Waals surface area contributed by atoms with Gasteiger partial charge in [0.25, 0.3) is 0 Å². The maximum atomic E-state index is 11.8. The molecule has 3 aromatic rings. The van der Waals surface area contributed by atoms with Crippen LogP contribution < -0.4 is 0 Å². The number of rotatable bonds is 6. The van der Waals surface area contributed by atoms with Crippen LogP contribution in [-0.4, -0.2) is 17.0 Å². The Morgan fingerprint density at radius 3 is 2.78 bits per heavy atom. The van der Waals surface area contributed by atoms with E-state index in [0.717, 1.165) is 27.4 Å². The molecule has 0 bridgehead atoms. The predicted octanol–water partition coefficient (Wildman–Crippen LogP) is 4.99. The number of thioether (sulfide) groups is 1. The molecular formula is C22H20N2O2S. The summed E-state index contributed by atoms with van der Waals surface area (Å²) in [5.74, 6) is 0.350. The van der Waals surface area contributed by atoms with E-state index in [0.29, 0.717) is 12.2 Å². The molecule has 0 fully saturated rings. The molecule has 0 atom stereocenters. The van der Waals surface area contributed by atoms with Gasteiger partial charge in [-0.25, -0.2) is 4.79 Å². The summed E-state index contributed by atoms with van der Waals surface area (Å²) in [5.41, 5.74) is 4.55. The van der Waals surface area contributed by atoms with Crippen LogP contribution in [0.25, 0.3) is 11.6 Å². The lowest BCUT2D eigenvalue weighted by Crippen LogP contribution is -1.99. The zero-order chi connectivity index (χ0) is 19.2. The summed E-state index contributed by atoms with van der Waals surface area (Å²) in [6, 6.07) is 16.4. The molecule has 27 heavy (non-hydrogen) atoms. The highest BCUT2D eigenvalue weighted by Gasteiger charge is 2.17. The number of carbonyl (C=O) groups is 1. The molecule has 136 valence electrons. The highest BCUT2D eigenvalue weighted by Crippen LogP contribution is 2.35. The standard InChI is InChI=1S/C22H20N2O2S/c1-3-26-21(25)10-9-19-22(27-15-17-7-5-4-6-8-17)18(14-23)20-13-16(2)11-12-24(19)20/h4-13H,3,15H2,1-2H3/b10-9+. The number of carbonyl (C=O) groups excluding carboxylic acids is 1. The van der Waals surface area contributed by atoms with Gasteiger partial charge in [-0.05, 0) is 43.2 Å². The van der Waals surface area contributed by atoms with E-state index < -0.39 is 5.97 Å². The molecule has 2 aromatic heterocycles. The quantitative estimate of drug-likeness (QED) is 0.346. The van der Waals surface area contributed by atoms with E-state index in [4.69, 9.17) is 4.74 Å².